The molecule has 118 valence electrons. The molecule has 0 aliphatic heterocycles. The minimum Gasteiger partial charge on any atom is -0.496 e. The second-order valence-electron chi connectivity index (χ2n) is 5.08. The van der Waals surface area contributed by atoms with Crippen LogP contribution in [0.3, 0.4) is 0 Å². The molecule has 1 aromatic carbocycles. The van der Waals surface area contributed by atoms with Crippen molar-refractivity contribution < 1.29 is 14.3 Å². The van der Waals surface area contributed by atoms with Crippen LogP contribution in [0.2, 0.25) is 0 Å². The van der Waals surface area contributed by atoms with Gasteiger partial charge in [-0.2, -0.15) is 0 Å². The Balaban J connectivity index is 1.76. The summed E-state index contributed by atoms with van der Waals surface area (Å²) >= 11 is 3.38. The molecule has 0 radical (unpaired) electrons. The third-order valence-electron chi connectivity index (χ3n) is 3.28. The van der Waals surface area contributed by atoms with Gasteiger partial charge in [0.25, 0.3) is 0 Å². The van der Waals surface area contributed by atoms with Gasteiger partial charge in [0.2, 0.25) is 11.8 Å². The van der Waals surface area contributed by atoms with Crippen LogP contribution in [-0.2, 0) is 9.59 Å². The van der Waals surface area contributed by atoms with Gasteiger partial charge in [0.05, 0.1) is 7.11 Å². The molecular formula is C16H19BrN2O3. The van der Waals surface area contributed by atoms with Crippen molar-refractivity contribution in [1.82, 2.24) is 10.6 Å². The maximum atomic E-state index is 11.7. The van der Waals surface area contributed by atoms with E-state index in [1.165, 1.54) is 6.08 Å². The van der Waals surface area contributed by atoms with E-state index in [1.54, 1.807) is 13.2 Å². The van der Waals surface area contributed by atoms with Crippen molar-refractivity contribution in [2.75, 3.05) is 20.2 Å². The summed E-state index contributed by atoms with van der Waals surface area (Å²) in [7, 11) is 1.59. The third kappa shape index (κ3) is 5.18. The zero-order valence-corrected chi connectivity index (χ0v) is 14.0. The van der Waals surface area contributed by atoms with Gasteiger partial charge in [-0.1, -0.05) is 15.9 Å². The van der Waals surface area contributed by atoms with E-state index >= 15 is 0 Å². The largest absolute Gasteiger partial charge is 0.496 e. The molecule has 2 rings (SSSR count). The molecule has 0 heterocycles. The van der Waals surface area contributed by atoms with Crippen LogP contribution in [0.1, 0.15) is 18.4 Å². The smallest absolute Gasteiger partial charge is 0.244 e. The first-order chi connectivity index (χ1) is 10.6. The molecule has 1 aromatic rings. The van der Waals surface area contributed by atoms with Crippen LogP contribution in [0.15, 0.2) is 28.7 Å². The average Bonchev–Trinajstić information content (AvgIpc) is 3.34. The zero-order chi connectivity index (χ0) is 15.9. The minimum atomic E-state index is -0.206. The lowest BCUT2D eigenvalue weighted by Gasteiger charge is -2.06. The molecule has 5 nitrogen and oxygen atoms in total. The van der Waals surface area contributed by atoms with Crippen LogP contribution < -0.4 is 15.4 Å². The number of rotatable bonds is 7. The van der Waals surface area contributed by atoms with Crippen LogP contribution >= 0.6 is 15.9 Å². The predicted molar refractivity (Wildman–Crippen MR) is 88.5 cm³/mol. The lowest BCUT2D eigenvalue weighted by molar-refractivity contribution is -0.122. The van der Waals surface area contributed by atoms with Crippen molar-refractivity contribution in [2.45, 2.75) is 12.8 Å². The second-order valence-corrected chi connectivity index (χ2v) is 5.99. The van der Waals surface area contributed by atoms with E-state index in [-0.39, 0.29) is 17.7 Å². The molecule has 0 bridgehead atoms. The number of hydrogen-bond donors (Lipinski definition) is 2. The highest BCUT2D eigenvalue weighted by Crippen LogP contribution is 2.28. The van der Waals surface area contributed by atoms with Gasteiger partial charge in [-0.25, -0.2) is 0 Å². The monoisotopic (exact) mass is 366 g/mol. The SMILES string of the molecule is COc1ccc(Br)cc1/C=C/C(=O)NCCNC(=O)C1CC1. The normalized spacial score (nSPS) is 13.9. The Kier molecular flexibility index (Phi) is 6.00. The molecule has 0 atom stereocenters. The molecule has 0 aromatic heterocycles. The van der Waals surface area contributed by atoms with Crippen LogP contribution in [0.5, 0.6) is 5.75 Å². The van der Waals surface area contributed by atoms with Gasteiger partial charge < -0.3 is 15.4 Å². The van der Waals surface area contributed by atoms with Gasteiger partial charge in [-0.05, 0) is 37.1 Å². The molecule has 0 unspecified atom stereocenters. The topological polar surface area (TPSA) is 67.4 Å². The van der Waals surface area contributed by atoms with Crippen molar-refractivity contribution >= 4 is 33.8 Å². The second kappa shape index (κ2) is 7.98. The Hall–Kier alpha value is -1.82. The van der Waals surface area contributed by atoms with Crippen molar-refractivity contribution in [3.8, 4) is 5.75 Å². The zero-order valence-electron chi connectivity index (χ0n) is 12.4. The Labute approximate surface area is 138 Å². The number of carbonyl (C=O) groups excluding carboxylic acids is 2. The Morgan fingerprint density at radius 2 is 2.05 bits per heavy atom. The molecule has 2 amide bonds. The van der Waals surface area contributed by atoms with E-state index in [1.807, 2.05) is 18.2 Å². The van der Waals surface area contributed by atoms with Crippen LogP contribution in [0.4, 0.5) is 0 Å². The lowest BCUT2D eigenvalue weighted by Crippen LogP contribution is -2.34. The summed E-state index contributed by atoms with van der Waals surface area (Å²) in [6, 6.07) is 5.58. The van der Waals surface area contributed by atoms with Crippen LogP contribution in [0, 0.1) is 5.92 Å². The molecule has 0 spiro atoms. The molecule has 1 aliphatic carbocycles. The fourth-order valence-corrected chi connectivity index (χ4v) is 2.30. The summed E-state index contributed by atoms with van der Waals surface area (Å²) in [5.41, 5.74) is 0.814. The van der Waals surface area contributed by atoms with Gasteiger partial charge in [0.15, 0.2) is 0 Å². The van der Waals surface area contributed by atoms with E-state index in [2.05, 4.69) is 26.6 Å². The molecule has 6 heteroatoms. The number of nitrogens with one attached hydrogen (secondary N) is 2. The molecule has 1 fully saturated rings. The quantitative estimate of drug-likeness (QED) is 0.573. The number of hydrogen-bond acceptors (Lipinski definition) is 3. The van der Waals surface area contributed by atoms with Crippen molar-refractivity contribution in [3.05, 3.63) is 34.3 Å². The number of methoxy groups -OCH3 is 1. The van der Waals surface area contributed by atoms with E-state index in [9.17, 15) is 9.59 Å². The molecule has 1 saturated carbocycles. The van der Waals surface area contributed by atoms with Crippen molar-refractivity contribution in [2.24, 2.45) is 5.92 Å². The van der Waals surface area contributed by atoms with E-state index in [0.717, 1.165) is 22.9 Å². The van der Waals surface area contributed by atoms with Crippen molar-refractivity contribution in [1.29, 1.82) is 0 Å². The van der Waals surface area contributed by atoms with E-state index in [4.69, 9.17) is 4.74 Å². The first-order valence-electron chi connectivity index (χ1n) is 7.17. The summed E-state index contributed by atoms with van der Waals surface area (Å²) in [6.45, 7) is 0.867. The van der Waals surface area contributed by atoms with Gasteiger partial charge >= 0.3 is 0 Å². The Morgan fingerprint density at radius 1 is 1.32 bits per heavy atom. The van der Waals surface area contributed by atoms with Crippen LogP contribution in [0.25, 0.3) is 6.08 Å². The lowest BCUT2D eigenvalue weighted by atomic mass is 10.2. The summed E-state index contributed by atoms with van der Waals surface area (Å²) in [6.07, 6.45) is 5.11. The maximum absolute atomic E-state index is 11.7. The molecule has 1 aliphatic rings. The van der Waals surface area contributed by atoms with E-state index in [0.29, 0.717) is 18.8 Å². The minimum absolute atomic E-state index is 0.0867. The summed E-state index contributed by atoms with van der Waals surface area (Å²) in [4.78, 5) is 23.1. The Bertz CT molecular complexity index is 583. The third-order valence-corrected chi connectivity index (χ3v) is 3.77. The highest BCUT2D eigenvalue weighted by atomic mass is 79.9. The van der Waals surface area contributed by atoms with Gasteiger partial charge in [0.1, 0.15) is 5.75 Å². The Morgan fingerprint density at radius 3 is 2.73 bits per heavy atom. The maximum Gasteiger partial charge on any atom is 0.244 e. The van der Waals surface area contributed by atoms with E-state index < -0.39 is 0 Å². The number of ether oxygens (including phenoxy) is 1. The highest BCUT2D eigenvalue weighted by Gasteiger charge is 2.28. The number of carbonyl (C=O) groups is 2. The summed E-state index contributed by atoms with van der Waals surface area (Å²) < 4.78 is 6.15. The fraction of sp³-hybridized carbons (Fsp3) is 0.375. The first kappa shape index (κ1) is 16.5. The summed E-state index contributed by atoms with van der Waals surface area (Å²) in [5.74, 6) is 0.773. The van der Waals surface area contributed by atoms with Crippen molar-refractivity contribution in [3.63, 3.8) is 0 Å². The summed E-state index contributed by atoms with van der Waals surface area (Å²) in [5, 5.41) is 5.52. The van der Waals surface area contributed by atoms with Crippen LogP contribution in [-0.4, -0.2) is 32.0 Å². The molecule has 2 N–H and O–H groups in total. The van der Waals surface area contributed by atoms with Gasteiger partial charge in [0, 0.05) is 35.1 Å². The average molecular weight is 367 g/mol. The highest BCUT2D eigenvalue weighted by molar-refractivity contribution is 9.10. The molecular weight excluding hydrogens is 348 g/mol. The molecule has 0 saturated heterocycles. The number of benzene rings is 1. The standard InChI is InChI=1S/C16H19BrN2O3/c1-22-14-6-5-13(17)10-12(14)4-7-15(20)18-8-9-19-16(21)11-2-3-11/h4-7,10-11H,2-3,8-9H2,1H3,(H,18,20)(H,19,21)/b7-4+. The van der Waals surface area contributed by atoms with Gasteiger partial charge in [-0.3, -0.25) is 9.59 Å². The number of amides is 2. The molecule has 22 heavy (non-hydrogen) atoms. The predicted octanol–water partition coefficient (Wildman–Crippen LogP) is 2.11. The first-order valence-corrected chi connectivity index (χ1v) is 7.96. The van der Waals surface area contributed by atoms with Gasteiger partial charge in [-0.15, -0.1) is 0 Å². The fourth-order valence-electron chi connectivity index (χ4n) is 1.92. The number of halogens is 1.